The van der Waals surface area contributed by atoms with E-state index in [0.29, 0.717) is 5.92 Å². The lowest BCUT2D eigenvalue weighted by atomic mass is 9.77. The number of rotatable bonds is 1. The SMILES string of the molecule is CCC1(C)CNCC2(O1)c1ccccc1OCC2C. The molecule has 3 atom stereocenters. The Kier molecular flexibility index (Phi) is 3.06. The number of fused-ring (bicyclic) bond motifs is 2. The third-order valence-corrected chi connectivity index (χ3v) is 4.69. The third kappa shape index (κ3) is 1.96. The first-order valence-electron chi connectivity index (χ1n) is 7.23. The minimum atomic E-state index is -0.252. The van der Waals surface area contributed by atoms with Crippen molar-refractivity contribution < 1.29 is 9.47 Å². The third-order valence-electron chi connectivity index (χ3n) is 4.69. The van der Waals surface area contributed by atoms with Crippen molar-refractivity contribution in [3.63, 3.8) is 0 Å². The summed E-state index contributed by atoms with van der Waals surface area (Å²) in [4.78, 5) is 0. The molecule has 0 aromatic heterocycles. The second-order valence-electron chi connectivity index (χ2n) is 6.11. The molecule has 0 aliphatic carbocycles. The Hall–Kier alpha value is -1.06. The van der Waals surface area contributed by atoms with E-state index in [9.17, 15) is 0 Å². The maximum absolute atomic E-state index is 6.65. The highest BCUT2D eigenvalue weighted by Crippen LogP contribution is 2.46. The summed E-state index contributed by atoms with van der Waals surface area (Å²) in [5.74, 6) is 1.32. The molecule has 104 valence electrons. The van der Waals surface area contributed by atoms with Crippen LogP contribution in [0.25, 0.3) is 0 Å². The second-order valence-corrected chi connectivity index (χ2v) is 6.11. The summed E-state index contributed by atoms with van der Waals surface area (Å²) in [5, 5.41) is 3.58. The minimum Gasteiger partial charge on any atom is -0.493 e. The molecule has 3 heteroatoms. The van der Waals surface area contributed by atoms with Gasteiger partial charge in [0, 0.05) is 24.6 Å². The van der Waals surface area contributed by atoms with E-state index in [2.05, 4.69) is 38.2 Å². The first-order chi connectivity index (χ1) is 9.10. The van der Waals surface area contributed by atoms with Crippen LogP contribution in [0.1, 0.15) is 32.8 Å². The Morgan fingerprint density at radius 1 is 1.32 bits per heavy atom. The molecule has 3 rings (SSSR count). The van der Waals surface area contributed by atoms with Gasteiger partial charge in [0.25, 0.3) is 0 Å². The highest BCUT2D eigenvalue weighted by atomic mass is 16.5. The van der Waals surface area contributed by atoms with Gasteiger partial charge in [0.2, 0.25) is 0 Å². The van der Waals surface area contributed by atoms with Crippen molar-refractivity contribution in [3.05, 3.63) is 29.8 Å². The summed E-state index contributed by atoms with van der Waals surface area (Å²) in [6, 6.07) is 8.29. The van der Waals surface area contributed by atoms with Crippen LogP contribution >= 0.6 is 0 Å². The number of morpholine rings is 1. The molecule has 1 N–H and O–H groups in total. The molecule has 2 aliphatic rings. The van der Waals surface area contributed by atoms with Crippen molar-refractivity contribution in [2.24, 2.45) is 5.92 Å². The molecule has 1 fully saturated rings. The maximum Gasteiger partial charge on any atom is 0.125 e. The Balaban J connectivity index is 2.06. The van der Waals surface area contributed by atoms with Gasteiger partial charge in [-0.2, -0.15) is 0 Å². The zero-order valence-corrected chi connectivity index (χ0v) is 12.0. The number of benzene rings is 1. The van der Waals surface area contributed by atoms with Crippen LogP contribution in [-0.2, 0) is 10.3 Å². The smallest absolute Gasteiger partial charge is 0.125 e. The van der Waals surface area contributed by atoms with Gasteiger partial charge in [-0.3, -0.25) is 0 Å². The van der Waals surface area contributed by atoms with Crippen molar-refractivity contribution in [2.75, 3.05) is 19.7 Å². The zero-order chi connectivity index (χ0) is 13.5. The fourth-order valence-electron chi connectivity index (χ4n) is 3.20. The van der Waals surface area contributed by atoms with Crippen molar-refractivity contribution >= 4 is 0 Å². The molecule has 3 nitrogen and oxygen atoms in total. The van der Waals surface area contributed by atoms with Gasteiger partial charge in [0.15, 0.2) is 0 Å². The average molecular weight is 261 g/mol. The number of para-hydroxylation sites is 1. The van der Waals surface area contributed by atoms with Crippen LogP contribution in [0.3, 0.4) is 0 Å². The van der Waals surface area contributed by atoms with Crippen molar-refractivity contribution in [2.45, 2.75) is 38.4 Å². The van der Waals surface area contributed by atoms with E-state index < -0.39 is 0 Å². The highest BCUT2D eigenvalue weighted by molar-refractivity contribution is 5.41. The van der Waals surface area contributed by atoms with Crippen LogP contribution in [-0.4, -0.2) is 25.3 Å². The molecule has 0 saturated carbocycles. The maximum atomic E-state index is 6.65. The first kappa shape index (κ1) is 12.9. The van der Waals surface area contributed by atoms with Crippen LogP contribution in [0, 0.1) is 5.92 Å². The van der Waals surface area contributed by atoms with E-state index in [1.165, 1.54) is 5.56 Å². The number of ether oxygens (including phenoxy) is 2. The predicted octanol–water partition coefficient (Wildman–Crippen LogP) is 2.70. The molecular formula is C16H23NO2. The van der Waals surface area contributed by atoms with Crippen LogP contribution in [0.2, 0.25) is 0 Å². The van der Waals surface area contributed by atoms with Crippen molar-refractivity contribution in [3.8, 4) is 5.75 Å². The molecule has 1 aromatic carbocycles. The molecule has 0 bridgehead atoms. The van der Waals surface area contributed by atoms with E-state index in [4.69, 9.17) is 9.47 Å². The van der Waals surface area contributed by atoms with Gasteiger partial charge < -0.3 is 14.8 Å². The molecule has 1 aromatic rings. The van der Waals surface area contributed by atoms with Crippen LogP contribution in [0.15, 0.2) is 24.3 Å². The van der Waals surface area contributed by atoms with Crippen LogP contribution in [0.4, 0.5) is 0 Å². The first-order valence-corrected chi connectivity index (χ1v) is 7.23. The zero-order valence-electron chi connectivity index (χ0n) is 12.0. The fourth-order valence-corrected chi connectivity index (χ4v) is 3.20. The van der Waals surface area contributed by atoms with Gasteiger partial charge in [0.1, 0.15) is 11.4 Å². The standard InChI is InChI=1S/C16H23NO2/c1-4-15(3)10-17-11-16(19-15)12(2)9-18-14-8-6-5-7-13(14)16/h5-8,12,17H,4,9-11H2,1-3H3. The normalized spacial score (nSPS) is 37.7. The molecule has 0 radical (unpaired) electrons. The average Bonchev–Trinajstić information content (AvgIpc) is 2.44. The molecule has 1 saturated heterocycles. The Labute approximate surface area is 115 Å². The number of hydrogen-bond acceptors (Lipinski definition) is 3. The lowest BCUT2D eigenvalue weighted by molar-refractivity contribution is -0.210. The summed E-state index contributed by atoms with van der Waals surface area (Å²) < 4.78 is 12.5. The Morgan fingerprint density at radius 2 is 2.11 bits per heavy atom. The lowest BCUT2D eigenvalue weighted by Gasteiger charge is -2.52. The summed E-state index contributed by atoms with van der Waals surface area (Å²) in [6.07, 6.45) is 1.01. The molecule has 2 heterocycles. The fraction of sp³-hybridized carbons (Fsp3) is 0.625. The van der Waals surface area contributed by atoms with E-state index >= 15 is 0 Å². The molecule has 19 heavy (non-hydrogen) atoms. The Bertz CT molecular complexity index is 476. The van der Waals surface area contributed by atoms with Crippen LogP contribution < -0.4 is 10.1 Å². The largest absolute Gasteiger partial charge is 0.493 e. The molecule has 0 amide bonds. The van der Waals surface area contributed by atoms with Gasteiger partial charge in [-0.25, -0.2) is 0 Å². The van der Waals surface area contributed by atoms with Crippen LogP contribution in [0.5, 0.6) is 5.75 Å². The monoisotopic (exact) mass is 261 g/mol. The number of hydrogen-bond donors (Lipinski definition) is 1. The van der Waals surface area contributed by atoms with Gasteiger partial charge in [0.05, 0.1) is 12.2 Å². The minimum absolute atomic E-state index is 0.100. The lowest BCUT2D eigenvalue weighted by Crippen LogP contribution is -2.61. The Morgan fingerprint density at radius 3 is 2.89 bits per heavy atom. The summed E-state index contributed by atoms with van der Waals surface area (Å²) in [6.45, 7) is 9.12. The summed E-state index contributed by atoms with van der Waals surface area (Å²) in [5.41, 5.74) is 0.843. The van der Waals surface area contributed by atoms with Crippen molar-refractivity contribution in [1.29, 1.82) is 0 Å². The quantitative estimate of drug-likeness (QED) is 0.843. The van der Waals surface area contributed by atoms with E-state index in [0.717, 1.165) is 31.9 Å². The number of nitrogens with one attached hydrogen (secondary N) is 1. The topological polar surface area (TPSA) is 30.5 Å². The van der Waals surface area contributed by atoms with E-state index in [1.54, 1.807) is 0 Å². The van der Waals surface area contributed by atoms with Crippen molar-refractivity contribution in [1.82, 2.24) is 5.32 Å². The summed E-state index contributed by atoms with van der Waals surface area (Å²) >= 11 is 0. The molecule has 2 aliphatic heterocycles. The van der Waals surface area contributed by atoms with Gasteiger partial charge in [-0.05, 0) is 19.4 Å². The molecule has 3 unspecified atom stereocenters. The van der Waals surface area contributed by atoms with Gasteiger partial charge >= 0.3 is 0 Å². The second kappa shape index (κ2) is 4.50. The summed E-state index contributed by atoms with van der Waals surface area (Å²) in [7, 11) is 0. The van der Waals surface area contributed by atoms with Gasteiger partial charge in [-0.1, -0.05) is 32.0 Å². The molecule has 1 spiro atoms. The predicted molar refractivity (Wildman–Crippen MR) is 75.4 cm³/mol. The van der Waals surface area contributed by atoms with E-state index in [-0.39, 0.29) is 11.2 Å². The van der Waals surface area contributed by atoms with E-state index in [1.807, 2.05) is 12.1 Å². The highest BCUT2D eigenvalue weighted by Gasteiger charge is 2.50. The van der Waals surface area contributed by atoms with Gasteiger partial charge in [-0.15, -0.1) is 0 Å². The molecular weight excluding hydrogens is 238 g/mol.